The Hall–Kier alpha value is -4.32. The molecule has 1 aliphatic heterocycles. The Balaban J connectivity index is 0.000000506. The molecule has 5 rings (SSSR count). The first-order valence-corrected chi connectivity index (χ1v) is 17.0. The van der Waals surface area contributed by atoms with Crippen LogP contribution in [0.25, 0.3) is 27.9 Å². The van der Waals surface area contributed by atoms with Crippen molar-refractivity contribution in [2.75, 3.05) is 13.2 Å². The van der Waals surface area contributed by atoms with Gasteiger partial charge in [0.25, 0.3) is 0 Å². The summed E-state index contributed by atoms with van der Waals surface area (Å²) in [7, 11) is 0. The molecule has 0 radical (unpaired) electrons. The molecular weight excluding hydrogens is 583 g/mol. The molecule has 1 unspecified atom stereocenters. The molecule has 0 saturated heterocycles. The summed E-state index contributed by atoms with van der Waals surface area (Å²) >= 11 is 0. The lowest BCUT2D eigenvalue weighted by atomic mass is 9.99. The second kappa shape index (κ2) is 20.7. The highest BCUT2D eigenvalue weighted by Gasteiger charge is 2.26. The SMILES string of the molecule is C/C=C(\NCCc1cc2c(c(-c3ccc(F)cc3)n1)OCC2C)c1cc(C)c2ncccc2c1.C/C=C\N=C(C)C.CC.CCCC. The van der Waals surface area contributed by atoms with E-state index in [1.54, 1.807) is 18.3 Å². The Bertz CT molecular complexity index is 1620. The minimum Gasteiger partial charge on any atom is -0.490 e. The van der Waals surface area contributed by atoms with Crippen LogP contribution in [0.4, 0.5) is 4.39 Å². The number of rotatable bonds is 8. The molecule has 252 valence electrons. The van der Waals surface area contributed by atoms with Gasteiger partial charge in [0, 0.05) is 64.9 Å². The largest absolute Gasteiger partial charge is 0.490 e. The van der Waals surface area contributed by atoms with Crippen molar-refractivity contribution >= 4 is 22.3 Å². The van der Waals surface area contributed by atoms with Crippen LogP contribution in [-0.2, 0) is 6.42 Å². The van der Waals surface area contributed by atoms with Crippen LogP contribution in [0.5, 0.6) is 5.75 Å². The van der Waals surface area contributed by atoms with Crippen LogP contribution in [0.1, 0.15) is 103 Å². The Morgan fingerprint density at radius 3 is 2.34 bits per heavy atom. The summed E-state index contributed by atoms with van der Waals surface area (Å²) in [5.41, 5.74) is 9.36. The van der Waals surface area contributed by atoms with Crippen molar-refractivity contribution in [3.63, 3.8) is 0 Å². The van der Waals surface area contributed by atoms with E-state index >= 15 is 0 Å². The third-order valence-corrected chi connectivity index (χ3v) is 7.35. The van der Waals surface area contributed by atoms with Gasteiger partial charge < -0.3 is 10.1 Å². The van der Waals surface area contributed by atoms with Crippen LogP contribution in [0, 0.1) is 12.7 Å². The predicted octanol–water partition coefficient (Wildman–Crippen LogP) is 11.3. The second-order valence-electron chi connectivity index (χ2n) is 11.4. The number of ether oxygens (including phenoxy) is 1. The number of aromatic nitrogens is 2. The highest BCUT2D eigenvalue weighted by molar-refractivity contribution is 5.85. The lowest BCUT2D eigenvalue weighted by Gasteiger charge is -2.14. The van der Waals surface area contributed by atoms with E-state index < -0.39 is 0 Å². The molecule has 47 heavy (non-hydrogen) atoms. The lowest BCUT2D eigenvalue weighted by Crippen LogP contribution is -2.16. The number of allylic oxidation sites excluding steroid dienone is 2. The number of pyridine rings is 2. The fourth-order valence-electron chi connectivity index (χ4n) is 4.81. The molecule has 5 nitrogen and oxygen atoms in total. The number of aryl methyl sites for hydroxylation is 1. The molecule has 0 aliphatic carbocycles. The molecule has 1 N–H and O–H groups in total. The fraction of sp³-hybridized carbons (Fsp3) is 0.390. The quantitative estimate of drug-likeness (QED) is 0.195. The number of hydrogen-bond donors (Lipinski definition) is 1. The molecule has 1 aliphatic rings. The van der Waals surface area contributed by atoms with Gasteiger partial charge in [-0.25, -0.2) is 9.37 Å². The molecule has 4 aromatic rings. The number of halogens is 1. The van der Waals surface area contributed by atoms with E-state index in [1.165, 1.54) is 30.5 Å². The normalized spacial score (nSPS) is 13.3. The lowest BCUT2D eigenvalue weighted by molar-refractivity contribution is 0.337. The van der Waals surface area contributed by atoms with Crippen LogP contribution in [0.2, 0.25) is 0 Å². The summed E-state index contributed by atoms with van der Waals surface area (Å²) in [5.74, 6) is 0.878. The predicted molar refractivity (Wildman–Crippen MR) is 201 cm³/mol. The van der Waals surface area contributed by atoms with Crippen molar-refractivity contribution in [1.82, 2.24) is 15.3 Å². The van der Waals surface area contributed by atoms with Gasteiger partial charge in [0.15, 0.2) is 0 Å². The molecule has 0 amide bonds. The van der Waals surface area contributed by atoms with Gasteiger partial charge in [0.2, 0.25) is 0 Å². The number of benzene rings is 2. The molecule has 0 saturated carbocycles. The van der Waals surface area contributed by atoms with Gasteiger partial charge in [-0.15, -0.1) is 0 Å². The van der Waals surface area contributed by atoms with Gasteiger partial charge in [-0.3, -0.25) is 9.98 Å². The topological polar surface area (TPSA) is 59.4 Å². The molecule has 6 heteroatoms. The van der Waals surface area contributed by atoms with Crippen molar-refractivity contribution in [2.45, 2.75) is 94.4 Å². The zero-order chi connectivity index (χ0) is 34.8. The van der Waals surface area contributed by atoms with E-state index in [0.29, 0.717) is 12.5 Å². The monoisotopic (exact) mass is 638 g/mol. The maximum Gasteiger partial charge on any atom is 0.149 e. The Kier molecular flexibility index (Phi) is 17.1. The summed E-state index contributed by atoms with van der Waals surface area (Å²) in [6.45, 7) is 22.0. The first-order valence-electron chi connectivity index (χ1n) is 17.0. The molecule has 2 aromatic heterocycles. The standard InChI is InChI=1S/C29H28FN3O.C6H11N.C4H10.C2H6/c1-4-26(22-14-18(2)27-21(15-22)6-5-12-32-27)31-13-11-24-16-25-19(3)17-34-29(25)28(33-24)20-7-9-23(30)10-8-20;1-4-5-7-6(2)3;1-3-4-2;1-2/h4-10,12,14-16,19,31H,11,13,17H2,1-3H3;4-5H,1-3H3;3-4H2,1-2H3;1-2H3/b26-4-;5-4-;;. The zero-order valence-electron chi connectivity index (χ0n) is 30.2. The molecule has 2 aromatic carbocycles. The number of unbranched alkanes of at least 4 members (excludes halogenated alkanes) is 1. The summed E-state index contributed by atoms with van der Waals surface area (Å²) < 4.78 is 19.4. The van der Waals surface area contributed by atoms with E-state index in [2.05, 4.69) is 73.3 Å². The summed E-state index contributed by atoms with van der Waals surface area (Å²) in [5, 5.41) is 4.73. The van der Waals surface area contributed by atoms with Gasteiger partial charge in [-0.1, -0.05) is 65.7 Å². The third kappa shape index (κ3) is 11.8. The van der Waals surface area contributed by atoms with Crippen molar-refractivity contribution in [2.24, 2.45) is 4.99 Å². The molecule has 0 spiro atoms. The third-order valence-electron chi connectivity index (χ3n) is 7.35. The minimum atomic E-state index is -0.256. The molecule has 0 fully saturated rings. The van der Waals surface area contributed by atoms with Crippen molar-refractivity contribution in [1.29, 1.82) is 0 Å². The Morgan fingerprint density at radius 1 is 1.04 bits per heavy atom. The molecule has 0 bridgehead atoms. The molecule has 1 atom stereocenters. The van der Waals surface area contributed by atoms with Crippen LogP contribution >= 0.6 is 0 Å². The first-order chi connectivity index (χ1) is 22.7. The summed E-state index contributed by atoms with van der Waals surface area (Å²) in [4.78, 5) is 13.4. The number of fused-ring (bicyclic) bond motifs is 2. The van der Waals surface area contributed by atoms with E-state index in [0.717, 1.165) is 69.1 Å². The van der Waals surface area contributed by atoms with Crippen molar-refractivity contribution < 1.29 is 9.13 Å². The average molecular weight is 639 g/mol. The second-order valence-corrected chi connectivity index (χ2v) is 11.4. The molecule has 3 heterocycles. The van der Waals surface area contributed by atoms with Gasteiger partial charge >= 0.3 is 0 Å². The highest BCUT2D eigenvalue weighted by atomic mass is 19.1. The van der Waals surface area contributed by atoms with E-state index in [1.807, 2.05) is 59.9 Å². The van der Waals surface area contributed by atoms with Crippen LogP contribution < -0.4 is 10.1 Å². The fourth-order valence-corrected chi connectivity index (χ4v) is 4.81. The van der Waals surface area contributed by atoms with Gasteiger partial charge in [0.05, 0.1) is 12.1 Å². The Morgan fingerprint density at radius 2 is 1.74 bits per heavy atom. The first kappa shape index (κ1) is 38.9. The highest BCUT2D eigenvalue weighted by Crippen LogP contribution is 2.41. The Labute approximate surface area is 283 Å². The van der Waals surface area contributed by atoms with Crippen LogP contribution in [0.3, 0.4) is 0 Å². The van der Waals surface area contributed by atoms with E-state index in [9.17, 15) is 4.39 Å². The summed E-state index contributed by atoms with van der Waals surface area (Å²) in [6, 6.07) is 17.0. The van der Waals surface area contributed by atoms with Gasteiger partial charge in [-0.2, -0.15) is 0 Å². The van der Waals surface area contributed by atoms with E-state index in [-0.39, 0.29) is 5.82 Å². The maximum atomic E-state index is 13.5. The number of nitrogens with one attached hydrogen (secondary N) is 1. The van der Waals surface area contributed by atoms with Crippen LogP contribution in [-0.4, -0.2) is 28.8 Å². The maximum absolute atomic E-state index is 13.5. The number of aliphatic imine (C=N–C) groups is 1. The average Bonchev–Trinajstić information content (AvgIpc) is 3.47. The molecular formula is C41H55FN4O. The van der Waals surface area contributed by atoms with Gasteiger partial charge in [0.1, 0.15) is 17.3 Å². The smallest absolute Gasteiger partial charge is 0.149 e. The van der Waals surface area contributed by atoms with E-state index in [4.69, 9.17) is 9.72 Å². The van der Waals surface area contributed by atoms with Crippen molar-refractivity contribution in [3.05, 3.63) is 107 Å². The van der Waals surface area contributed by atoms with Gasteiger partial charge in [-0.05, 0) is 94.3 Å². The van der Waals surface area contributed by atoms with Crippen LogP contribution in [0.15, 0.2) is 84.1 Å². The number of hydrogen-bond acceptors (Lipinski definition) is 5. The van der Waals surface area contributed by atoms with Crippen molar-refractivity contribution in [3.8, 4) is 17.0 Å². The summed E-state index contributed by atoms with van der Waals surface area (Å²) in [6.07, 6.45) is 11.0. The number of nitrogens with zero attached hydrogens (tertiary/aromatic N) is 3. The minimum absolute atomic E-state index is 0.256. The zero-order valence-corrected chi connectivity index (χ0v) is 30.2.